The first kappa shape index (κ1) is 14.8. The summed E-state index contributed by atoms with van der Waals surface area (Å²) < 4.78 is 1.75. The molecule has 6 nitrogen and oxygen atoms in total. The fraction of sp³-hybridized carbons (Fsp3) is 0.333. The minimum Gasteiger partial charge on any atom is -0.388 e. The summed E-state index contributed by atoms with van der Waals surface area (Å²) in [5.74, 6) is 0.996. The van der Waals surface area contributed by atoms with Crippen molar-refractivity contribution in [2.75, 3.05) is 0 Å². The number of benzene rings is 1. The number of hydrogen-bond donors (Lipinski definition) is 1. The van der Waals surface area contributed by atoms with E-state index in [1.807, 2.05) is 31.2 Å². The number of fused-ring (bicyclic) bond motifs is 1. The Labute approximate surface area is 139 Å². The Kier molecular flexibility index (Phi) is 3.32. The van der Waals surface area contributed by atoms with Gasteiger partial charge in [0, 0.05) is 17.1 Å². The average Bonchev–Trinajstić information content (AvgIpc) is 2.97. The molecule has 0 aliphatic heterocycles. The third kappa shape index (κ3) is 2.17. The van der Waals surface area contributed by atoms with E-state index in [0.29, 0.717) is 11.6 Å². The number of nitriles is 1. The monoisotopic (exact) mass is 319 g/mol. The van der Waals surface area contributed by atoms with Crippen molar-refractivity contribution in [2.45, 2.75) is 38.2 Å². The first-order valence-corrected chi connectivity index (χ1v) is 8.00. The molecule has 1 fully saturated rings. The van der Waals surface area contributed by atoms with Gasteiger partial charge in [-0.15, -0.1) is 0 Å². The molecule has 1 saturated carbocycles. The summed E-state index contributed by atoms with van der Waals surface area (Å²) >= 11 is 0. The van der Waals surface area contributed by atoms with Crippen molar-refractivity contribution >= 4 is 10.9 Å². The molecule has 1 aliphatic rings. The molecular weight excluding hydrogens is 302 g/mol. The average molecular weight is 319 g/mol. The van der Waals surface area contributed by atoms with E-state index in [4.69, 9.17) is 0 Å². The van der Waals surface area contributed by atoms with Crippen LogP contribution in [0.25, 0.3) is 16.7 Å². The number of aliphatic hydroxyl groups is 1. The third-order valence-electron chi connectivity index (χ3n) is 4.79. The van der Waals surface area contributed by atoms with Gasteiger partial charge < -0.3 is 5.11 Å². The van der Waals surface area contributed by atoms with Crippen molar-refractivity contribution in [3.8, 4) is 11.9 Å². The van der Waals surface area contributed by atoms with Crippen LogP contribution in [0.3, 0.4) is 0 Å². The maximum absolute atomic E-state index is 9.58. The van der Waals surface area contributed by atoms with Gasteiger partial charge in [-0.3, -0.25) is 0 Å². The van der Waals surface area contributed by atoms with E-state index in [9.17, 15) is 10.4 Å². The highest BCUT2D eigenvalue weighted by atomic mass is 16.3. The molecule has 0 spiro atoms. The molecule has 4 rings (SSSR count). The SMILES string of the molecule is Cc1cc(-n2ncc3ccc(C4(C#N)CCC4)cc32)nc(CO)n1. The van der Waals surface area contributed by atoms with Crippen LogP contribution >= 0.6 is 0 Å². The number of nitrogens with zero attached hydrogens (tertiary/aromatic N) is 5. The summed E-state index contributed by atoms with van der Waals surface area (Å²) in [6.07, 6.45) is 4.69. The first-order valence-electron chi connectivity index (χ1n) is 8.00. The Balaban J connectivity index is 1.88. The van der Waals surface area contributed by atoms with E-state index in [1.54, 1.807) is 10.9 Å². The summed E-state index contributed by atoms with van der Waals surface area (Å²) in [5.41, 5.74) is 2.37. The van der Waals surface area contributed by atoms with E-state index >= 15 is 0 Å². The van der Waals surface area contributed by atoms with Gasteiger partial charge >= 0.3 is 0 Å². The molecule has 3 aromatic rings. The lowest BCUT2D eigenvalue weighted by Gasteiger charge is -2.35. The maximum Gasteiger partial charge on any atom is 0.158 e. The quantitative estimate of drug-likeness (QED) is 0.801. The summed E-state index contributed by atoms with van der Waals surface area (Å²) in [6, 6.07) is 10.4. The van der Waals surface area contributed by atoms with E-state index in [1.165, 1.54) is 0 Å². The standard InChI is InChI=1S/C18H17N5O/c1-12-7-17(22-16(10-24)21-12)23-15-8-14(4-3-13(15)9-20-23)18(11-19)5-2-6-18/h3-4,7-9,24H,2,5-6,10H2,1H3. The van der Waals surface area contributed by atoms with Gasteiger partial charge in [0.2, 0.25) is 0 Å². The van der Waals surface area contributed by atoms with Crippen LogP contribution in [0, 0.1) is 18.3 Å². The highest BCUT2D eigenvalue weighted by Crippen LogP contribution is 2.43. The van der Waals surface area contributed by atoms with Gasteiger partial charge in [-0.05, 0) is 37.8 Å². The van der Waals surface area contributed by atoms with Gasteiger partial charge in [-0.1, -0.05) is 12.1 Å². The molecular formula is C18H17N5O. The minimum atomic E-state index is -0.360. The predicted octanol–water partition coefficient (Wildman–Crippen LogP) is 2.56. The van der Waals surface area contributed by atoms with Crippen molar-refractivity contribution in [3.05, 3.63) is 47.5 Å². The Morgan fingerprint density at radius 2 is 2.12 bits per heavy atom. The first-order chi connectivity index (χ1) is 11.6. The van der Waals surface area contributed by atoms with Crippen LogP contribution < -0.4 is 0 Å². The third-order valence-corrected chi connectivity index (χ3v) is 4.79. The van der Waals surface area contributed by atoms with Gasteiger partial charge in [0.05, 0.1) is 23.2 Å². The molecule has 0 bridgehead atoms. The largest absolute Gasteiger partial charge is 0.388 e. The Morgan fingerprint density at radius 1 is 1.29 bits per heavy atom. The van der Waals surface area contributed by atoms with Crippen LogP contribution in [0.5, 0.6) is 0 Å². The van der Waals surface area contributed by atoms with E-state index in [2.05, 4.69) is 21.1 Å². The van der Waals surface area contributed by atoms with Crippen LogP contribution in [-0.2, 0) is 12.0 Å². The number of aryl methyl sites for hydroxylation is 1. The Hall–Kier alpha value is -2.78. The van der Waals surface area contributed by atoms with E-state index in [0.717, 1.165) is 41.4 Å². The molecule has 1 aliphatic carbocycles. The molecule has 1 aromatic carbocycles. The highest BCUT2D eigenvalue weighted by molar-refractivity contribution is 5.81. The lowest BCUT2D eigenvalue weighted by Crippen LogP contribution is -2.32. The number of aliphatic hydroxyl groups excluding tert-OH is 1. The zero-order valence-electron chi connectivity index (χ0n) is 13.4. The zero-order valence-corrected chi connectivity index (χ0v) is 13.4. The van der Waals surface area contributed by atoms with Crippen molar-refractivity contribution in [2.24, 2.45) is 0 Å². The lowest BCUT2D eigenvalue weighted by molar-refractivity contribution is 0.271. The fourth-order valence-corrected chi connectivity index (χ4v) is 3.29. The van der Waals surface area contributed by atoms with Crippen LogP contribution in [0.2, 0.25) is 0 Å². The Bertz CT molecular complexity index is 965. The van der Waals surface area contributed by atoms with Crippen LogP contribution in [0.4, 0.5) is 0 Å². The summed E-state index contributed by atoms with van der Waals surface area (Å²) in [4.78, 5) is 8.55. The molecule has 0 saturated heterocycles. The molecule has 1 N–H and O–H groups in total. The zero-order chi connectivity index (χ0) is 16.7. The Morgan fingerprint density at radius 3 is 2.79 bits per heavy atom. The molecule has 24 heavy (non-hydrogen) atoms. The second-order valence-corrected chi connectivity index (χ2v) is 6.32. The molecule has 6 heteroatoms. The molecule has 120 valence electrons. The lowest BCUT2D eigenvalue weighted by atomic mass is 9.65. The van der Waals surface area contributed by atoms with Crippen LogP contribution in [0.15, 0.2) is 30.5 Å². The van der Waals surface area contributed by atoms with Gasteiger partial charge in [-0.25, -0.2) is 14.6 Å². The minimum absolute atomic E-state index is 0.212. The second-order valence-electron chi connectivity index (χ2n) is 6.32. The normalized spacial score (nSPS) is 15.9. The highest BCUT2D eigenvalue weighted by Gasteiger charge is 2.39. The van der Waals surface area contributed by atoms with Crippen LogP contribution in [0.1, 0.15) is 36.3 Å². The number of aromatic nitrogens is 4. The number of rotatable bonds is 3. The van der Waals surface area contributed by atoms with Crippen molar-refractivity contribution < 1.29 is 5.11 Å². The summed E-state index contributed by atoms with van der Waals surface area (Å²) in [5, 5.41) is 24.3. The van der Waals surface area contributed by atoms with Gasteiger partial charge in [0.25, 0.3) is 0 Å². The van der Waals surface area contributed by atoms with Crippen molar-refractivity contribution in [1.82, 2.24) is 19.7 Å². The number of hydrogen-bond acceptors (Lipinski definition) is 5. The molecule has 2 aromatic heterocycles. The van der Waals surface area contributed by atoms with Crippen molar-refractivity contribution in [1.29, 1.82) is 5.26 Å². The van der Waals surface area contributed by atoms with E-state index < -0.39 is 0 Å². The second kappa shape index (κ2) is 5.39. The smallest absolute Gasteiger partial charge is 0.158 e. The molecule has 0 unspecified atom stereocenters. The van der Waals surface area contributed by atoms with E-state index in [-0.39, 0.29) is 12.0 Å². The molecule has 0 amide bonds. The molecule has 0 atom stereocenters. The molecule has 2 heterocycles. The van der Waals surface area contributed by atoms with Gasteiger partial charge in [0.15, 0.2) is 11.6 Å². The predicted molar refractivity (Wildman–Crippen MR) is 88.5 cm³/mol. The molecule has 0 radical (unpaired) electrons. The van der Waals surface area contributed by atoms with Gasteiger partial charge in [-0.2, -0.15) is 10.4 Å². The summed E-state index contributed by atoms with van der Waals surface area (Å²) in [6.45, 7) is 1.65. The van der Waals surface area contributed by atoms with Gasteiger partial charge in [0.1, 0.15) is 6.61 Å². The topological polar surface area (TPSA) is 87.6 Å². The van der Waals surface area contributed by atoms with Crippen molar-refractivity contribution in [3.63, 3.8) is 0 Å². The fourth-order valence-electron chi connectivity index (χ4n) is 3.29. The maximum atomic E-state index is 9.58. The van der Waals surface area contributed by atoms with Crippen LogP contribution in [-0.4, -0.2) is 24.9 Å². The summed E-state index contributed by atoms with van der Waals surface area (Å²) in [7, 11) is 0.